The van der Waals surface area contributed by atoms with Gasteiger partial charge in [-0.05, 0) is 17.5 Å². The minimum Gasteiger partial charge on any atom is -0.355 e. The molecule has 1 heterocycles. The fourth-order valence-corrected chi connectivity index (χ4v) is 5.57. The van der Waals surface area contributed by atoms with Crippen LogP contribution < -0.4 is 5.32 Å². The van der Waals surface area contributed by atoms with Gasteiger partial charge in [0.05, 0.1) is 5.25 Å². The van der Waals surface area contributed by atoms with Crippen LogP contribution in [0.2, 0.25) is 0 Å². The van der Waals surface area contributed by atoms with Gasteiger partial charge in [-0.1, -0.05) is 60.7 Å². The van der Waals surface area contributed by atoms with Crippen LogP contribution in [0.25, 0.3) is 0 Å². The maximum atomic E-state index is 12.3. The molecule has 1 saturated heterocycles. The van der Waals surface area contributed by atoms with E-state index >= 15 is 0 Å². The summed E-state index contributed by atoms with van der Waals surface area (Å²) in [6, 6.07) is 21.1. The van der Waals surface area contributed by atoms with Gasteiger partial charge in [0.25, 0.3) is 0 Å². The molecular formula is C20H23NOS2. The second kappa shape index (κ2) is 9.19. The summed E-state index contributed by atoms with van der Waals surface area (Å²) >= 11 is 3.67. The van der Waals surface area contributed by atoms with Crippen molar-refractivity contribution in [2.24, 2.45) is 0 Å². The molecule has 0 saturated carbocycles. The van der Waals surface area contributed by atoms with Crippen LogP contribution in [0.4, 0.5) is 0 Å². The van der Waals surface area contributed by atoms with Crippen molar-refractivity contribution in [1.29, 1.82) is 0 Å². The largest absolute Gasteiger partial charge is 0.355 e. The summed E-state index contributed by atoms with van der Waals surface area (Å²) in [6.07, 6.45) is 0.921. The Hall–Kier alpha value is -1.39. The van der Waals surface area contributed by atoms with Gasteiger partial charge in [0.15, 0.2) is 0 Å². The van der Waals surface area contributed by atoms with Crippen molar-refractivity contribution in [3.05, 3.63) is 71.8 Å². The number of hydrogen-bond acceptors (Lipinski definition) is 3. The van der Waals surface area contributed by atoms with Crippen molar-refractivity contribution in [3.8, 4) is 0 Å². The predicted octanol–water partition coefficient (Wildman–Crippen LogP) is 4.17. The Labute approximate surface area is 152 Å². The van der Waals surface area contributed by atoms with Gasteiger partial charge in [-0.25, -0.2) is 0 Å². The maximum Gasteiger partial charge on any atom is 0.233 e. The summed E-state index contributed by atoms with van der Waals surface area (Å²) in [4.78, 5) is 12.3. The Morgan fingerprint density at radius 1 is 1.00 bits per heavy atom. The molecule has 4 heteroatoms. The minimum absolute atomic E-state index is 0.121. The molecule has 3 rings (SSSR count). The van der Waals surface area contributed by atoms with E-state index in [1.165, 1.54) is 16.9 Å². The minimum atomic E-state index is 0.121. The summed E-state index contributed by atoms with van der Waals surface area (Å²) in [6.45, 7) is 0.717. The van der Waals surface area contributed by atoms with E-state index in [1.54, 1.807) is 11.8 Å². The highest BCUT2D eigenvalue weighted by Crippen LogP contribution is 2.28. The fourth-order valence-electron chi connectivity index (χ4n) is 2.99. The normalized spacial score (nSPS) is 17.6. The Kier molecular flexibility index (Phi) is 6.67. The number of nitrogens with one attached hydrogen (secondary N) is 1. The predicted molar refractivity (Wildman–Crippen MR) is 106 cm³/mol. The van der Waals surface area contributed by atoms with Gasteiger partial charge in [-0.2, -0.15) is 11.8 Å². The summed E-state index contributed by atoms with van der Waals surface area (Å²) < 4.78 is 0. The first kappa shape index (κ1) is 17.4. The molecule has 1 aliphatic rings. The molecule has 1 amide bonds. The van der Waals surface area contributed by atoms with E-state index in [0.29, 0.717) is 5.92 Å². The number of carbonyl (C=O) groups excluding carboxylic acids is 1. The summed E-state index contributed by atoms with van der Waals surface area (Å²) in [5, 5.41) is 3.27. The highest BCUT2D eigenvalue weighted by molar-refractivity contribution is 8.07. The van der Waals surface area contributed by atoms with Crippen molar-refractivity contribution in [1.82, 2.24) is 5.32 Å². The SMILES string of the molecule is O=C(NCCC(c1ccccc1)c1ccccc1)C1CSCCS1. The first-order valence-electron chi connectivity index (χ1n) is 8.41. The number of thioether (sulfide) groups is 2. The fraction of sp³-hybridized carbons (Fsp3) is 0.350. The molecule has 24 heavy (non-hydrogen) atoms. The molecule has 0 bridgehead atoms. The van der Waals surface area contributed by atoms with Crippen LogP contribution in [0, 0.1) is 0 Å². The number of hydrogen-bond donors (Lipinski definition) is 1. The first-order valence-corrected chi connectivity index (χ1v) is 10.6. The molecule has 1 aliphatic heterocycles. The van der Waals surface area contributed by atoms with E-state index in [9.17, 15) is 4.79 Å². The molecule has 2 aromatic rings. The molecule has 1 N–H and O–H groups in total. The lowest BCUT2D eigenvalue weighted by Crippen LogP contribution is -2.36. The van der Waals surface area contributed by atoms with E-state index in [1.807, 2.05) is 23.9 Å². The Balaban J connectivity index is 1.61. The molecule has 2 nitrogen and oxygen atoms in total. The molecule has 0 radical (unpaired) electrons. The van der Waals surface area contributed by atoms with E-state index < -0.39 is 0 Å². The number of amides is 1. The van der Waals surface area contributed by atoms with Gasteiger partial charge < -0.3 is 5.32 Å². The third-order valence-corrected chi connectivity index (χ3v) is 7.00. The zero-order valence-corrected chi connectivity index (χ0v) is 15.3. The highest BCUT2D eigenvalue weighted by atomic mass is 32.2. The van der Waals surface area contributed by atoms with Crippen molar-refractivity contribution >= 4 is 29.4 Å². The molecule has 0 aliphatic carbocycles. The van der Waals surface area contributed by atoms with Crippen LogP contribution in [0.3, 0.4) is 0 Å². The van der Waals surface area contributed by atoms with Gasteiger partial charge in [-0.15, -0.1) is 11.8 Å². The van der Waals surface area contributed by atoms with Gasteiger partial charge in [0.2, 0.25) is 5.91 Å². The number of rotatable bonds is 6. The number of carbonyl (C=O) groups is 1. The third kappa shape index (κ3) is 4.81. The highest BCUT2D eigenvalue weighted by Gasteiger charge is 2.22. The molecule has 0 spiro atoms. The molecule has 2 aromatic carbocycles. The molecule has 1 fully saturated rings. The van der Waals surface area contributed by atoms with E-state index in [0.717, 1.165) is 24.5 Å². The Bertz CT molecular complexity index is 587. The lowest BCUT2D eigenvalue weighted by Gasteiger charge is -2.22. The van der Waals surface area contributed by atoms with E-state index in [4.69, 9.17) is 0 Å². The van der Waals surface area contributed by atoms with Crippen LogP contribution in [0.15, 0.2) is 60.7 Å². The van der Waals surface area contributed by atoms with Crippen LogP contribution in [-0.4, -0.2) is 35.0 Å². The monoisotopic (exact) mass is 357 g/mol. The average Bonchev–Trinajstić information content (AvgIpc) is 2.67. The van der Waals surface area contributed by atoms with Gasteiger partial charge in [0.1, 0.15) is 0 Å². The Morgan fingerprint density at radius 2 is 1.62 bits per heavy atom. The third-order valence-electron chi connectivity index (χ3n) is 4.24. The average molecular weight is 358 g/mol. The lowest BCUT2D eigenvalue weighted by molar-refractivity contribution is -0.120. The summed E-state index contributed by atoms with van der Waals surface area (Å²) in [5.41, 5.74) is 2.61. The van der Waals surface area contributed by atoms with E-state index in [2.05, 4.69) is 53.8 Å². The van der Waals surface area contributed by atoms with Crippen molar-refractivity contribution < 1.29 is 4.79 Å². The molecule has 126 valence electrons. The second-order valence-electron chi connectivity index (χ2n) is 5.89. The molecule has 0 aromatic heterocycles. The number of benzene rings is 2. The second-order valence-corrected chi connectivity index (χ2v) is 8.35. The van der Waals surface area contributed by atoms with Crippen molar-refractivity contribution in [3.63, 3.8) is 0 Å². The van der Waals surface area contributed by atoms with Crippen LogP contribution >= 0.6 is 23.5 Å². The summed E-state index contributed by atoms with van der Waals surface area (Å²) in [7, 11) is 0. The zero-order valence-electron chi connectivity index (χ0n) is 13.7. The smallest absolute Gasteiger partial charge is 0.233 e. The quantitative estimate of drug-likeness (QED) is 0.841. The Morgan fingerprint density at radius 3 is 2.17 bits per heavy atom. The summed E-state index contributed by atoms with van der Waals surface area (Å²) in [5.74, 6) is 3.71. The van der Waals surface area contributed by atoms with Crippen LogP contribution in [0.1, 0.15) is 23.5 Å². The standard InChI is InChI=1S/C20H23NOS2/c22-20(19-15-23-13-14-24-19)21-12-11-18(16-7-3-1-4-8-16)17-9-5-2-6-10-17/h1-10,18-19H,11-15H2,(H,21,22). The lowest BCUT2D eigenvalue weighted by atomic mass is 9.88. The first-order chi connectivity index (χ1) is 11.8. The topological polar surface area (TPSA) is 29.1 Å². The van der Waals surface area contributed by atoms with Gasteiger partial charge in [-0.3, -0.25) is 4.79 Å². The molecule has 1 unspecified atom stereocenters. The van der Waals surface area contributed by atoms with Crippen molar-refractivity contribution in [2.75, 3.05) is 23.8 Å². The van der Waals surface area contributed by atoms with Crippen LogP contribution in [0.5, 0.6) is 0 Å². The van der Waals surface area contributed by atoms with Gasteiger partial charge in [0, 0.05) is 29.7 Å². The van der Waals surface area contributed by atoms with E-state index in [-0.39, 0.29) is 11.2 Å². The molecule has 1 atom stereocenters. The van der Waals surface area contributed by atoms with Crippen molar-refractivity contribution in [2.45, 2.75) is 17.6 Å². The molecular weight excluding hydrogens is 334 g/mol. The maximum absolute atomic E-state index is 12.3. The van der Waals surface area contributed by atoms with Crippen LogP contribution in [-0.2, 0) is 4.79 Å². The van der Waals surface area contributed by atoms with Gasteiger partial charge >= 0.3 is 0 Å². The zero-order chi connectivity index (χ0) is 16.6.